The number of hydrogen-bond acceptors (Lipinski definition) is 5. The highest BCUT2D eigenvalue weighted by Gasteiger charge is 2.23. The van der Waals surface area contributed by atoms with Gasteiger partial charge in [-0.05, 0) is 36.9 Å². The molecule has 0 amide bonds. The summed E-state index contributed by atoms with van der Waals surface area (Å²) in [7, 11) is -1.91. The van der Waals surface area contributed by atoms with Gasteiger partial charge in [0.15, 0.2) is 0 Å². The van der Waals surface area contributed by atoms with Crippen LogP contribution in [-0.4, -0.2) is 23.2 Å². The first-order chi connectivity index (χ1) is 11.4. The first kappa shape index (κ1) is 16.8. The summed E-state index contributed by atoms with van der Waals surface area (Å²) in [6.45, 7) is 3.62. The lowest BCUT2D eigenvalue weighted by Crippen LogP contribution is -2.24. The Morgan fingerprint density at radius 2 is 2.08 bits per heavy atom. The molecule has 1 N–H and O–H groups in total. The van der Waals surface area contributed by atoms with Crippen LogP contribution in [0.4, 0.5) is 0 Å². The van der Waals surface area contributed by atoms with Crippen LogP contribution in [0.5, 0.6) is 0 Å². The van der Waals surface area contributed by atoms with E-state index in [1.165, 1.54) is 0 Å². The number of thiophene rings is 1. The zero-order valence-corrected chi connectivity index (χ0v) is 15.3. The Kier molecular flexibility index (Phi) is 4.53. The van der Waals surface area contributed by atoms with Gasteiger partial charge >= 0.3 is 0 Å². The maximum atomic E-state index is 12.7. The van der Waals surface area contributed by atoms with Gasteiger partial charge in [0.2, 0.25) is 10.0 Å². The average Bonchev–Trinajstić information content (AvgIpc) is 3.15. The molecule has 0 spiro atoms. The minimum atomic E-state index is -3.64. The number of nitrogens with one attached hydrogen (secondary N) is 1. The van der Waals surface area contributed by atoms with Crippen LogP contribution in [0.2, 0.25) is 0 Å². The normalized spacial score (nSPS) is 11.8. The molecule has 0 radical (unpaired) electrons. The Balaban J connectivity index is 1.89. The van der Waals surface area contributed by atoms with E-state index in [1.807, 2.05) is 22.9 Å². The highest BCUT2D eigenvalue weighted by Crippen LogP contribution is 2.24. The Labute approximate surface area is 145 Å². The molecule has 0 aliphatic carbocycles. The summed E-state index contributed by atoms with van der Waals surface area (Å²) in [5, 5.41) is 8.14. The first-order valence-corrected chi connectivity index (χ1v) is 9.79. The Morgan fingerprint density at radius 3 is 2.71 bits per heavy atom. The van der Waals surface area contributed by atoms with Gasteiger partial charge in [0.05, 0.1) is 17.1 Å². The third-order valence-corrected chi connectivity index (χ3v) is 6.19. The zero-order valence-electron chi connectivity index (χ0n) is 13.6. The van der Waals surface area contributed by atoms with Crippen LogP contribution in [0.15, 0.2) is 40.1 Å². The van der Waals surface area contributed by atoms with Crippen LogP contribution < -0.4 is 4.72 Å². The first-order valence-electron chi connectivity index (χ1n) is 7.36. The maximum Gasteiger partial charge on any atom is 0.244 e. The molecule has 0 saturated carbocycles. The highest BCUT2D eigenvalue weighted by molar-refractivity contribution is 7.89. The topological polar surface area (TPSA) is 76.9 Å². The standard InChI is InChI=1S/C16H18N4O2S2/c1-11-16(12(2)20(3)19-11)24(21,22)18-9-13-5-4-7-17-15(13)14-6-8-23-10-14/h4-8,10,18H,9H2,1-3H3. The van der Waals surface area contributed by atoms with E-state index >= 15 is 0 Å². The highest BCUT2D eigenvalue weighted by atomic mass is 32.2. The smallest absolute Gasteiger partial charge is 0.244 e. The van der Waals surface area contributed by atoms with E-state index in [1.54, 1.807) is 49.2 Å². The molecular formula is C16H18N4O2S2. The summed E-state index contributed by atoms with van der Waals surface area (Å²) in [6.07, 6.45) is 1.71. The fourth-order valence-corrected chi connectivity index (χ4v) is 4.71. The summed E-state index contributed by atoms with van der Waals surface area (Å²) in [6, 6.07) is 5.66. The predicted molar refractivity (Wildman–Crippen MR) is 94.3 cm³/mol. The summed E-state index contributed by atoms with van der Waals surface area (Å²) in [5.41, 5.74) is 3.72. The van der Waals surface area contributed by atoms with E-state index in [0.29, 0.717) is 11.4 Å². The summed E-state index contributed by atoms with van der Waals surface area (Å²) >= 11 is 1.58. The second-order valence-electron chi connectivity index (χ2n) is 5.47. The number of hydrogen-bond donors (Lipinski definition) is 1. The average molecular weight is 362 g/mol. The molecule has 3 aromatic rings. The van der Waals surface area contributed by atoms with Gasteiger partial charge < -0.3 is 0 Å². The van der Waals surface area contributed by atoms with Crippen LogP contribution in [0.1, 0.15) is 17.0 Å². The van der Waals surface area contributed by atoms with Crippen molar-refractivity contribution in [3.05, 3.63) is 52.1 Å². The number of rotatable bonds is 5. The lowest BCUT2D eigenvalue weighted by Gasteiger charge is -2.10. The van der Waals surface area contributed by atoms with Gasteiger partial charge in [-0.2, -0.15) is 16.4 Å². The SMILES string of the molecule is Cc1nn(C)c(C)c1S(=O)(=O)NCc1cccnc1-c1ccsc1. The van der Waals surface area contributed by atoms with Crippen molar-refractivity contribution in [2.45, 2.75) is 25.3 Å². The van der Waals surface area contributed by atoms with Crippen molar-refractivity contribution < 1.29 is 8.42 Å². The van der Waals surface area contributed by atoms with Crippen LogP contribution in [0, 0.1) is 13.8 Å². The van der Waals surface area contributed by atoms with E-state index in [-0.39, 0.29) is 11.4 Å². The van der Waals surface area contributed by atoms with Crippen LogP contribution in [0.25, 0.3) is 11.3 Å². The molecule has 0 aliphatic heterocycles. The number of pyridine rings is 1. The molecule has 0 fully saturated rings. The van der Waals surface area contributed by atoms with Crippen molar-refractivity contribution >= 4 is 21.4 Å². The Hall–Kier alpha value is -2.03. The molecule has 8 heteroatoms. The van der Waals surface area contributed by atoms with Gasteiger partial charge in [0, 0.05) is 30.7 Å². The van der Waals surface area contributed by atoms with E-state index in [2.05, 4.69) is 14.8 Å². The molecule has 0 atom stereocenters. The fraction of sp³-hybridized carbons (Fsp3) is 0.250. The maximum absolute atomic E-state index is 12.7. The van der Waals surface area contributed by atoms with Gasteiger partial charge in [0.25, 0.3) is 0 Å². The fourth-order valence-electron chi connectivity index (χ4n) is 2.63. The Morgan fingerprint density at radius 1 is 1.29 bits per heavy atom. The minimum absolute atomic E-state index is 0.176. The lowest BCUT2D eigenvalue weighted by molar-refractivity contribution is 0.579. The van der Waals surface area contributed by atoms with Crippen molar-refractivity contribution in [3.63, 3.8) is 0 Å². The van der Waals surface area contributed by atoms with E-state index in [0.717, 1.165) is 16.8 Å². The van der Waals surface area contributed by atoms with Crippen molar-refractivity contribution in [2.75, 3.05) is 0 Å². The molecule has 3 rings (SSSR count). The van der Waals surface area contributed by atoms with Crippen LogP contribution in [-0.2, 0) is 23.6 Å². The molecule has 0 bridgehead atoms. The van der Waals surface area contributed by atoms with Crippen molar-refractivity contribution in [1.82, 2.24) is 19.5 Å². The van der Waals surface area contributed by atoms with E-state index < -0.39 is 10.0 Å². The molecule has 3 heterocycles. The summed E-state index contributed by atoms with van der Waals surface area (Å²) in [4.78, 5) is 4.63. The third-order valence-electron chi connectivity index (χ3n) is 3.85. The van der Waals surface area contributed by atoms with Gasteiger partial charge in [-0.25, -0.2) is 13.1 Å². The lowest BCUT2D eigenvalue weighted by atomic mass is 10.1. The van der Waals surface area contributed by atoms with Gasteiger partial charge in [-0.1, -0.05) is 6.07 Å². The number of sulfonamides is 1. The van der Waals surface area contributed by atoms with Crippen LogP contribution in [0.3, 0.4) is 0 Å². The van der Waals surface area contributed by atoms with E-state index in [9.17, 15) is 8.42 Å². The largest absolute Gasteiger partial charge is 0.271 e. The summed E-state index contributed by atoms with van der Waals surface area (Å²) in [5.74, 6) is 0. The van der Waals surface area contributed by atoms with Crippen LogP contribution >= 0.6 is 11.3 Å². The second kappa shape index (κ2) is 6.46. The monoisotopic (exact) mass is 362 g/mol. The molecule has 3 aromatic heterocycles. The molecule has 0 unspecified atom stereocenters. The van der Waals surface area contributed by atoms with Gasteiger partial charge in [0.1, 0.15) is 4.90 Å². The third kappa shape index (κ3) is 3.12. The van der Waals surface area contributed by atoms with Gasteiger partial charge in [-0.15, -0.1) is 0 Å². The molecule has 0 saturated heterocycles. The predicted octanol–water partition coefficient (Wildman–Crippen LogP) is 2.64. The molecular weight excluding hydrogens is 344 g/mol. The van der Waals surface area contributed by atoms with E-state index in [4.69, 9.17) is 0 Å². The quantitative estimate of drug-likeness (QED) is 0.757. The number of aromatic nitrogens is 3. The number of aryl methyl sites for hydroxylation is 2. The second-order valence-corrected chi connectivity index (χ2v) is 7.96. The molecule has 126 valence electrons. The van der Waals surface area contributed by atoms with Crippen molar-refractivity contribution in [3.8, 4) is 11.3 Å². The number of nitrogens with zero attached hydrogens (tertiary/aromatic N) is 3. The molecule has 0 aliphatic rings. The Bertz CT molecular complexity index is 960. The van der Waals surface area contributed by atoms with Gasteiger partial charge in [-0.3, -0.25) is 9.67 Å². The summed E-state index contributed by atoms with van der Waals surface area (Å²) < 4.78 is 29.6. The molecule has 24 heavy (non-hydrogen) atoms. The van der Waals surface area contributed by atoms with Crippen molar-refractivity contribution in [1.29, 1.82) is 0 Å². The minimum Gasteiger partial charge on any atom is -0.271 e. The molecule has 6 nitrogen and oxygen atoms in total. The molecule has 0 aromatic carbocycles. The van der Waals surface area contributed by atoms with Crippen molar-refractivity contribution in [2.24, 2.45) is 7.05 Å². The zero-order chi connectivity index (χ0) is 17.3.